The van der Waals surface area contributed by atoms with E-state index in [9.17, 15) is 0 Å². The Hall–Kier alpha value is -2.43. The van der Waals surface area contributed by atoms with Gasteiger partial charge in [0.05, 0.1) is 6.33 Å². The third-order valence-electron chi connectivity index (χ3n) is 4.86. The third-order valence-corrected chi connectivity index (χ3v) is 4.86. The lowest BCUT2D eigenvalue weighted by Gasteiger charge is -2.17. The van der Waals surface area contributed by atoms with E-state index in [-0.39, 0.29) is 0 Å². The molecule has 0 radical (unpaired) electrons. The maximum Gasteiger partial charge on any atom is 0.0991 e. The zero-order valence-electron chi connectivity index (χ0n) is 14.4. The van der Waals surface area contributed by atoms with Crippen molar-refractivity contribution >= 4 is 0 Å². The molecule has 128 valence electrons. The lowest BCUT2D eigenvalue weighted by Crippen LogP contribution is -2.31. The van der Waals surface area contributed by atoms with E-state index in [2.05, 4.69) is 69.8 Å². The van der Waals surface area contributed by atoms with Crippen LogP contribution in [0.15, 0.2) is 73.3 Å². The van der Waals surface area contributed by atoms with E-state index < -0.39 is 0 Å². The van der Waals surface area contributed by atoms with E-state index in [1.165, 1.54) is 24.1 Å². The van der Waals surface area contributed by atoms with Gasteiger partial charge in [-0.25, -0.2) is 4.98 Å². The Morgan fingerprint density at radius 3 is 2.60 bits per heavy atom. The Bertz CT molecular complexity index is 765. The van der Waals surface area contributed by atoms with Gasteiger partial charge in [0, 0.05) is 50.3 Å². The van der Waals surface area contributed by atoms with Crippen LogP contribution in [0.2, 0.25) is 0 Å². The normalized spacial score (nSPS) is 17.8. The third kappa shape index (κ3) is 4.16. The first-order chi connectivity index (χ1) is 12.4. The number of nitrogens with one attached hydrogen (secondary N) is 1. The van der Waals surface area contributed by atoms with Crippen molar-refractivity contribution in [2.24, 2.45) is 0 Å². The highest BCUT2D eigenvalue weighted by Gasteiger charge is 2.21. The van der Waals surface area contributed by atoms with E-state index in [1.54, 1.807) is 6.20 Å². The van der Waals surface area contributed by atoms with Crippen LogP contribution in [0, 0.1) is 0 Å². The summed E-state index contributed by atoms with van der Waals surface area (Å²) < 4.78 is 2.02. The van der Waals surface area contributed by atoms with Crippen LogP contribution >= 0.6 is 0 Å². The molecular formula is C21H24N4. The second-order valence-corrected chi connectivity index (χ2v) is 6.72. The van der Waals surface area contributed by atoms with Gasteiger partial charge in [-0.05, 0) is 29.7 Å². The van der Waals surface area contributed by atoms with Gasteiger partial charge in [-0.3, -0.25) is 4.90 Å². The fraction of sp³-hybridized carbons (Fsp3) is 0.286. The minimum atomic E-state index is 0.581. The van der Waals surface area contributed by atoms with Crippen LogP contribution in [0.25, 0.3) is 5.69 Å². The topological polar surface area (TPSA) is 33.1 Å². The molecule has 4 nitrogen and oxygen atoms in total. The van der Waals surface area contributed by atoms with E-state index in [4.69, 9.17) is 0 Å². The van der Waals surface area contributed by atoms with Crippen molar-refractivity contribution in [3.8, 4) is 5.69 Å². The second kappa shape index (κ2) is 7.64. The molecule has 1 unspecified atom stereocenters. The summed E-state index contributed by atoms with van der Waals surface area (Å²) >= 11 is 0. The molecule has 0 saturated carbocycles. The molecule has 1 fully saturated rings. The molecule has 2 heterocycles. The first-order valence-corrected chi connectivity index (χ1v) is 8.94. The monoisotopic (exact) mass is 332 g/mol. The van der Waals surface area contributed by atoms with Crippen molar-refractivity contribution < 1.29 is 0 Å². The lowest BCUT2D eigenvalue weighted by molar-refractivity contribution is 0.320. The molecular weight excluding hydrogens is 308 g/mol. The lowest BCUT2D eigenvalue weighted by atomic mass is 10.2. The summed E-state index contributed by atoms with van der Waals surface area (Å²) in [6.45, 7) is 4.28. The minimum Gasteiger partial charge on any atom is -0.309 e. The Morgan fingerprint density at radius 2 is 1.84 bits per heavy atom. The average Bonchev–Trinajstić information content (AvgIpc) is 3.33. The van der Waals surface area contributed by atoms with Gasteiger partial charge in [0.2, 0.25) is 0 Å². The van der Waals surface area contributed by atoms with Crippen LogP contribution in [-0.4, -0.2) is 33.6 Å². The van der Waals surface area contributed by atoms with Crippen LogP contribution in [0.3, 0.4) is 0 Å². The van der Waals surface area contributed by atoms with Gasteiger partial charge in [-0.2, -0.15) is 0 Å². The molecule has 3 aromatic rings. The summed E-state index contributed by atoms with van der Waals surface area (Å²) in [6.07, 6.45) is 6.82. The molecule has 4 rings (SSSR count). The number of hydrogen-bond acceptors (Lipinski definition) is 3. The smallest absolute Gasteiger partial charge is 0.0991 e. The minimum absolute atomic E-state index is 0.581. The number of aromatic nitrogens is 2. The molecule has 1 aliphatic rings. The molecule has 1 aromatic heterocycles. The molecule has 0 amide bonds. The van der Waals surface area contributed by atoms with Crippen molar-refractivity contribution in [3.63, 3.8) is 0 Å². The zero-order chi connectivity index (χ0) is 16.9. The molecule has 1 aliphatic heterocycles. The quantitative estimate of drug-likeness (QED) is 0.752. The summed E-state index contributed by atoms with van der Waals surface area (Å²) in [5.74, 6) is 0. The van der Waals surface area contributed by atoms with Gasteiger partial charge in [0.1, 0.15) is 0 Å². The van der Waals surface area contributed by atoms with Gasteiger partial charge in [-0.15, -0.1) is 0 Å². The highest BCUT2D eigenvalue weighted by molar-refractivity contribution is 5.34. The van der Waals surface area contributed by atoms with Crippen molar-refractivity contribution in [2.45, 2.75) is 25.6 Å². The van der Waals surface area contributed by atoms with Gasteiger partial charge in [0.15, 0.2) is 0 Å². The Balaban J connectivity index is 1.26. The van der Waals surface area contributed by atoms with E-state index in [0.717, 1.165) is 25.3 Å². The van der Waals surface area contributed by atoms with Crippen LogP contribution in [0.4, 0.5) is 0 Å². The molecule has 0 aliphatic carbocycles. The standard InChI is InChI=1S/C21H24N4/c1-2-4-19(5-3-1)15-24-12-10-20(16-24)23-14-18-6-8-21(9-7-18)25-13-11-22-17-25/h1-9,11,13,17,20,23H,10,12,14-16H2. The molecule has 1 atom stereocenters. The summed E-state index contributed by atoms with van der Waals surface area (Å²) in [6, 6.07) is 20.0. The van der Waals surface area contributed by atoms with Crippen LogP contribution < -0.4 is 5.32 Å². The molecule has 0 spiro atoms. The molecule has 4 heteroatoms. The summed E-state index contributed by atoms with van der Waals surface area (Å²) in [4.78, 5) is 6.63. The molecule has 1 saturated heterocycles. The Labute approximate surface area is 149 Å². The fourth-order valence-corrected chi connectivity index (χ4v) is 3.44. The number of nitrogens with zero attached hydrogens (tertiary/aromatic N) is 3. The van der Waals surface area contributed by atoms with Crippen molar-refractivity contribution in [3.05, 3.63) is 84.4 Å². The van der Waals surface area contributed by atoms with Gasteiger partial charge in [0.25, 0.3) is 0 Å². The van der Waals surface area contributed by atoms with Crippen LogP contribution in [0.5, 0.6) is 0 Å². The van der Waals surface area contributed by atoms with Crippen molar-refractivity contribution in [1.82, 2.24) is 19.8 Å². The van der Waals surface area contributed by atoms with Gasteiger partial charge < -0.3 is 9.88 Å². The number of imidazole rings is 1. The first kappa shape index (κ1) is 16.1. The highest BCUT2D eigenvalue weighted by Crippen LogP contribution is 2.15. The molecule has 0 bridgehead atoms. The fourth-order valence-electron chi connectivity index (χ4n) is 3.44. The van der Waals surface area contributed by atoms with E-state index in [0.29, 0.717) is 6.04 Å². The number of rotatable bonds is 6. The Morgan fingerprint density at radius 1 is 1.00 bits per heavy atom. The molecule has 2 aromatic carbocycles. The molecule has 1 N–H and O–H groups in total. The SMILES string of the molecule is c1ccc(CN2CCC(NCc3ccc(-n4ccnc4)cc3)C2)cc1. The average molecular weight is 332 g/mol. The van der Waals surface area contributed by atoms with Gasteiger partial charge in [-0.1, -0.05) is 42.5 Å². The summed E-state index contributed by atoms with van der Waals surface area (Å²) in [5, 5.41) is 3.71. The van der Waals surface area contributed by atoms with Crippen LogP contribution in [-0.2, 0) is 13.1 Å². The molecule has 25 heavy (non-hydrogen) atoms. The highest BCUT2D eigenvalue weighted by atomic mass is 15.2. The van der Waals surface area contributed by atoms with Gasteiger partial charge >= 0.3 is 0 Å². The van der Waals surface area contributed by atoms with E-state index in [1.807, 2.05) is 17.1 Å². The maximum atomic E-state index is 4.09. The van der Waals surface area contributed by atoms with Crippen molar-refractivity contribution in [2.75, 3.05) is 13.1 Å². The zero-order valence-corrected chi connectivity index (χ0v) is 14.4. The predicted molar refractivity (Wildman–Crippen MR) is 101 cm³/mol. The summed E-state index contributed by atoms with van der Waals surface area (Å²) in [7, 11) is 0. The Kier molecular flexibility index (Phi) is 4.91. The van der Waals surface area contributed by atoms with E-state index >= 15 is 0 Å². The first-order valence-electron chi connectivity index (χ1n) is 8.94. The van der Waals surface area contributed by atoms with Crippen LogP contribution in [0.1, 0.15) is 17.5 Å². The number of likely N-dealkylation sites (tertiary alicyclic amines) is 1. The van der Waals surface area contributed by atoms with Crippen molar-refractivity contribution in [1.29, 1.82) is 0 Å². The maximum absolute atomic E-state index is 4.09. The second-order valence-electron chi connectivity index (χ2n) is 6.72. The number of hydrogen-bond donors (Lipinski definition) is 1. The summed E-state index contributed by atoms with van der Waals surface area (Å²) in [5.41, 5.74) is 3.87. The largest absolute Gasteiger partial charge is 0.309 e. The number of benzene rings is 2. The predicted octanol–water partition coefficient (Wildman–Crippen LogP) is 3.24.